The minimum absolute atomic E-state index is 0.375. The molecule has 3 aromatic rings. The maximum Gasteiger partial charge on any atom is 0.160 e. The van der Waals surface area contributed by atoms with E-state index in [0.717, 1.165) is 33.4 Å². The summed E-state index contributed by atoms with van der Waals surface area (Å²) >= 11 is 7.64. The average Bonchev–Trinajstić information content (AvgIpc) is 2.94. The Kier molecular flexibility index (Phi) is 3.24. The highest BCUT2D eigenvalue weighted by molar-refractivity contribution is 7.09. The Labute approximate surface area is 120 Å². The third-order valence-electron chi connectivity index (χ3n) is 2.89. The van der Waals surface area contributed by atoms with E-state index >= 15 is 0 Å². The highest BCUT2D eigenvalue weighted by Gasteiger charge is 2.13. The van der Waals surface area contributed by atoms with Gasteiger partial charge in [0.15, 0.2) is 5.65 Å². The first-order valence-corrected chi connectivity index (χ1v) is 7.38. The van der Waals surface area contributed by atoms with Crippen molar-refractivity contribution in [2.24, 2.45) is 0 Å². The Hall–Kier alpha value is -1.46. The number of aryl methyl sites for hydroxylation is 2. The topological polar surface area (TPSA) is 43.6 Å². The summed E-state index contributed by atoms with van der Waals surface area (Å²) in [7, 11) is 0. The van der Waals surface area contributed by atoms with E-state index in [-0.39, 0.29) is 0 Å². The van der Waals surface area contributed by atoms with Crippen LogP contribution in [0.15, 0.2) is 17.5 Å². The minimum atomic E-state index is 0.375. The van der Waals surface area contributed by atoms with Crippen LogP contribution in [0.4, 0.5) is 0 Å². The highest BCUT2D eigenvalue weighted by atomic mass is 35.5. The SMILES string of the molecule is Cc1csc(Cn2c(CCl)nc3ccc(C)nc32)n1. The van der Waals surface area contributed by atoms with Crippen molar-refractivity contribution in [3.05, 3.63) is 39.7 Å². The number of fused-ring (bicyclic) bond motifs is 1. The van der Waals surface area contributed by atoms with Crippen LogP contribution in [-0.2, 0) is 12.4 Å². The fourth-order valence-electron chi connectivity index (χ4n) is 2.02. The van der Waals surface area contributed by atoms with Gasteiger partial charge in [-0.15, -0.1) is 22.9 Å². The van der Waals surface area contributed by atoms with Crippen LogP contribution in [0.2, 0.25) is 0 Å². The van der Waals surface area contributed by atoms with E-state index in [1.165, 1.54) is 0 Å². The maximum absolute atomic E-state index is 5.99. The molecule has 0 aliphatic rings. The quantitative estimate of drug-likeness (QED) is 0.696. The summed E-state index contributed by atoms with van der Waals surface area (Å²) in [6.07, 6.45) is 0. The van der Waals surface area contributed by atoms with Crippen LogP contribution in [0.5, 0.6) is 0 Å². The number of hydrogen-bond acceptors (Lipinski definition) is 4. The molecule has 0 bridgehead atoms. The Bertz CT molecular complexity index is 731. The second-order valence-corrected chi connectivity index (χ2v) is 5.64. The van der Waals surface area contributed by atoms with Gasteiger partial charge in [-0.1, -0.05) is 0 Å². The zero-order chi connectivity index (χ0) is 13.4. The molecule has 0 aliphatic carbocycles. The number of aromatic nitrogens is 4. The number of alkyl halides is 1. The van der Waals surface area contributed by atoms with Crippen LogP contribution in [0.25, 0.3) is 11.2 Å². The second-order valence-electron chi connectivity index (χ2n) is 4.43. The molecule has 3 rings (SSSR count). The van der Waals surface area contributed by atoms with E-state index in [2.05, 4.69) is 15.0 Å². The predicted molar refractivity (Wildman–Crippen MR) is 77.8 cm³/mol. The van der Waals surface area contributed by atoms with Crippen molar-refractivity contribution in [1.82, 2.24) is 19.5 Å². The molecule has 98 valence electrons. The third-order valence-corrected chi connectivity index (χ3v) is 4.08. The molecule has 0 radical (unpaired) electrons. The second kappa shape index (κ2) is 4.90. The van der Waals surface area contributed by atoms with Crippen LogP contribution in [0.3, 0.4) is 0 Å². The molecule has 0 aromatic carbocycles. The van der Waals surface area contributed by atoms with Gasteiger partial charge in [0.25, 0.3) is 0 Å². The summed E-state index contributed by atoms with van der Waals surface area (Å²) in [6.45, 7) is 4.65. The molecule has 0 N–H and O–H groups in total. The molecular weight excluding hydrogens is 280 g/mol. The lowest BCUT2D eigenvalue weighted by atomic mass is 10.3. The molecule has 0 amide bonds. The lowest BCUT2D eigenvalue weighted by Gasteiger charge is -2.04. The molecule has 0 unspecified atom stereocenters. The lowest BCUT2D eigenvalue weighted by Crippen LogP contribution is -2.04. The van der Waals surface area contributed by atoms with Crippen molar-refractivity contribution in [2.45, 2.75) is 26.3 Å². The van der Waals surface area contributed by atoms with Crippen molar-refractivity contribution >= 4 is 34.1 Å². The highest BCUT2D eigenvalue weighted by Crippen LogP contribution is 2.19. The van der Waals surface area contributed by atoms with Gasteiger partial charge in [-0.3, -0.25) is 0 Å². The van der Waals surface area contributed by atoms with Gasteiger partial charge in [-0.25, -0.2) is 15.0 Å². The number of hydrogen-bond donors (Lipinski definition) is 0. The van der Waals surface area contributed by atoms with Gasteiger partial charge in [-0.2, -0.15) is 0 Å². The van der Waals surface area contributed by atoms with E-state index in [4.69, 9.17) is 11.6 Å². The standard InChI is InChI=1S/C13H13ClN4S/c1-8-3-4-10-13(16-8)18(11(5-14)17-10)6-12-15-9(2)7-19-12/h3-4,7H,5-6H2,1-2H3. The van der Waals surface area contributed by atoms with Gasteiger partial charge in [-0.05, 0) is 26.0 Å². The predicted octanol–water partition coefficient (Wildman–Crippen LogP) is 3.29. The molecule has 3 heterocycles. The molecule has 3 aromatic heterocycles. The summed E-state index contributed by atoms with van der Waals surface area (Å²) in [5.74, 6) is 1.21. The Morgan fingerprint density at radius 1 is 1.16 bits per heavy atom. The molecule has 0 saturated heterocycles. The first kappa shape index (κ1) is 12.6. The number of imidazole rings is 1. The van der Waals surface area contributed by atoms with Gasteiger partial charge < -0.3 is 4.57 Å². The molecule has 4 nitrogen and oxygen atoms in total. The number of thiazole rings is 1. The van der Waals surface area contributed by atoms with Crippen LogP contribution in [-0.4, -0.2) is 19.5 Å². The van der Waals surface area contributed by atoms with Crippen molar-refractivity contribution in [2.75, 3.05) is 0 Å². The largest absolute Gasteiger partial charge is 0.305 e. The van der Waals surface area contributed by atoms with Crippen molar-refractivity contribution in [3.63, 3.8) is 0 Å². The Balaban J connectivity index is 2.12. The normalized spacial score (nSPS) is 11.3. The monoisotopic (exact) mass is 292 g/mol. The third kappa shape index (κ3) is 2.35. The first-order valence-electron chi connectivity index (χ1n) is 5.97. The maximum atomic E-state index is 5.99. The van der Waals surface area contributed by atoms with Crippen molar-refractivity contribution in [1.29, 1.82) is 0 Å². The van der Waals surface area contributed by atoms with Gasteiger partial charge in [0, 0.05) is 16.8 Å². The van der Waals surface area contributed by atoms with E-state index < -0.39 is 0 Å². The van der Waals surface area contributed by atoms with Gasteiger partial charge >= 0.3 is 0 Å². The zero-order valence-electron chi connectivity index (χ0n) is 10.7. The molecule has 0 aliphatic heterocycles. The van der Waals surface area contributed by atoms with Crippen molar-refractivity contribution in [3.8, 4) is 0 Å². The Morgan fingerprint density at radius 3 is 2.68 bits per heavy atom. The van der Waals surface area contributed by atoms with E-state index in [9.17, 15) is 0 Å². The molecule has 0 atom stereocenters. The lowest BCUT2D eigenvalue weighted by molar-refractivity contribution is 0.762. The summed E-state index contributed by atoms with van der Waals surface area (Å²) < 4.78 is 2.05. The molecule has 6 heteroatoms. The van der Waals surface area contributed by atoms with Crippen LogP contribution in [0.1, 0.15) is 22.2 Å². The van der Waals surface area contributed by atoms with Gasteiger partial charge in [0.05, 0.1) is 12.4 Å². The molecule has 19 heavy (non-hydrogen) atoms. The number of pyridine rings is 1. The summed E-state index contributed by atoms with van der Waals surface area (Å²) in [6, 6.07) is 3.95. The number of nitrogens with zero attached hydrogens (tertiary/aromatic N) is 4. The summed E-state index contributed by atoms with van der Waals surface area (Å²) in [5.41, 5.74) is 3.78. The molecule has 0 saturated carbocycles. The van der Waals surface area contributed by atoms with Crippen LogP contribution < -0.4 is 0 Å². The zero-order valence-corrected chi connectivity index (χ0v) is 12.3. The summed E-state index contributed by atoms with van der Waals surface area (Å²) in [4.78, 5) is 13.6. The summed E-state index contributed by atoms with van der Waals surface area (Å²) in [5, 5.41) is 3.10. The van der Waals surface area contributed by atoms with Gasteiger partial charge in [0.2, 0.25) is 0 Å². The van der Waals surface area contributed by atoms with E-state index in [1.807, 2.05) is 35.9 Å². The fourth-order valence-corrected chi connectivity index (χ4v) is 2.99. The number of rotatable bonds is 3. The van der Waals surface area contributed by atoms with Gasteiger partial charge in [0.1, 0.15) is 16.3 Å². The van der Waals surface area contributed by atoms with E-state index in [1.54, 1.807) is 11.3 Å². The minimum Gasteiger partial charge on any atom is -0.305 e. The average molecular weight is 293 g/mol. The van der Waals surface area contributed by atoms with Crippen LogP contribution >= 0.6 is 22.9 Å². The number of halogens is 1. The van der Waals surface area contributed by atoms with E-state index in [0.29, 0.717) is 12.4 Å². The molecule has 0 fully saturated rings. The molecular formula is C13H13ClN4S. The smallest absolute Gasteiger partial charge is 0.160 e. The Morgan fingerprint density at radius 2 is 2.00 bits per heavy atom. The first-order chi connectivity index (χ1) is 9.17. The van der Waals surface area contributed by atoms with Crippen LogP contribution in [0, 0.1) is 13.8 Å². The fraction of sp³-hybridized carbons (Fsp3) is 0.308. The van der Waals surface area contributed by atoms with Crippen molar-refractivity contribution < 1.29 is 0 Å². The molecule has 0 spiro atoms.